The third kappa shape index (κ3) is 5.30. The summed E-state index contributed by atoms with van der Waals surface area (Å²) in [5, 5.41) is 8.36. The number of aromatic amines is 1. The molecule has 0 bridgehead atoms. The zero-order valence-electron chi connectivity index (χ0n) is 19.1. The molecule has 36 heavy (non-hydrogen) atoms. The van der Waals surface area contributed by atoms with Crippen LogP contribution >= 0.6 is 22.9 Å². The molecule has 4 aromatic rings. The van der Waals surface area contributed by atoms with E-state index in [0.717, 1.165) is 23.5 Å². The number of hydrogen-bond donors (Lipinski definition) is 3. The lowest BCUT2D eigenvalue weighted by atomic mass is 10.1. The summed E-state index contributed by atoms with van der Waals surface area (Å²) in [6.45, 7) is 0.321. The Labute approximate surface area is 218 Å². The Morgan fingerprint density at radius 2 is 2.08 bits per heavy atom. The first-order valence-electron chi connectivity index (χ1n) is 11.4. The highest BCUT2D eigenvalue weighted by Gasteiger charge is 2.24. The van der Waals surface area contributed by atoms with Crippen LogP contribution in [-0.2, 0) is 10.8 Å². The lowest BCUT2D eigenvalue weighted by molar-refractivity contribution is 0.262. The van der Waals surface area contributed by atoms with E-state index in [1.807, 2.05) is 17.5 Å². The van der Waals surface area contributed by atoms with Crippen molar-refractivity contribution in [3.63, 3.8) is 0 Å². The summed E-state index contributed by atoms with van der Waals surface area (Å²) in [4.78, 5) is 33.3. The number of fused-ring (bicyclic) bond motifs is 1. The van der Waals surface area contributed by atoms with Gasteiger partial charge in [0.25, 0.3) is 5.56 Å². The molecule has 0 spiro atoms. The maximum absolute atomic E-state index is 13.1. The number of benzene rings is 1. The average molecular weight is 543 g/mol. The Hall–Kier alpha value is -3.21. The Kier molecular flexibility index (Phi) is 7.35. The fourth-order valence-electron chi connectivity index (χ4n) is 4.22. The van der Waals surface area contributed by atoms with Gasteiger partial charge >= 0.3 is 6.03 Å². The average Bonchev–Trinajstić information content (AvgIpc) is 3.53. The van der Waals surface area contributed by atoms with E-state index < -0.39 is 16.8 Å². The smallest absolute Gasteiger partial charge is 0.323 e. The van der Waals surface area contributed by atoms with Crippen molar-refractivity contribution in [1.29, 1.82) is 0 Å². The number of halogens is 1. The van der Waals surface area contributed by atoms with E-state index in [4.69, 9.17) is 16.3 Å². The van der Waals surface area contributed by atoms with E-state index in [2.05, 4.69) is 20.6 Å². The fourth-order valence-corrected chi connectivity index (χ4v) is 6.77. The van der Waals surface area contributed by atoms with Crippen molar-refractivity contribution in [1.82, 2.24) is 9.97 Å². The molecule has 11 heteroatoms. The van der Waals surface area contributed by atoms with Gasteiger partial charge in [0.05, 0.1) is 28.4 Å². The second-order valence-corrected chi connectivity index (χ2v) is 11.5. The van der Waals surface area contributed by atoms with Crippen LogP contribution in [0.25, 0.3) is 21.3 Å². The third-order valence-corrected chi connectivity index (χ3v) is 9.04. The number of rotatable bonds is 7. The standard InChI is InChI=1S/C25H23ClN4O4S2/c26-18-14-19-17(13-20(18)30-25(32)28-15-5-8-27-9-6-15)23(34-10-7-16-3-2-12-36(16)33)22(24(31)29-19)21-4-1-11-35-21/h1,4-6,8-9,11,13-14,16H,2-3,7,10,12H2,(H,29,31)(H2,27,28,30,32). The Bertz CT molecular complexity index is 1480. The molecule has 1 fully saturated rings. The number of pyridine rings is 2. The van der Waals surface area contributed by atoms with Gasteiger partial charge in [-0.2, -0.15) is 0 Å². The summed E-state index contributed by atoms with van der Waals surface area (Å²) in [5.74, 6) is 1.14. The molecule has 186 valence electrons. The van der Waals surface area contributed by atoms with Crippen molar-refractivity contribution in [3.05, 3.63) is 69.5 Å². The second kappa shape index (κ2) is 10.8. The fraction of sp³-hybridized carbons (Fsp3) is 0.240. The second-order valence-electron chi connectivity index (χ2n) is 8.31. The molecular weight excluding hydrogens is 520 g/mol. The SMILES string of the molecule is O=C(Nc1ccncc1)Nc1cc2c(OCCC3CCCS3=O)c(-c3cccs3)c(=O)[nH]c2cc1Cl. The summed E-state index contributed by atoms with van der Waals surface area (Å²) >= 11 is 7.89. The summed E-state index contributed by atoms with van der Waals surface area (Å²) in [6, 6.07) is 9.88. The predicted octanol–water partition coefficient (Wildman–Crippen LogP) is 5.63. The highest BCUT2D eigenvalue weighted by molar-refractivity contribution is 7.85. The van der Waals surface area contributed by atoms with E-state index in [1.165, 1.54) is 11.3 Å². The van der Waals surface area contributed by atoms with Crippen molar-refractivity contribution in [3.8, 4) is 16.2 Å². The van der Waals surface area contributed by atoms with Gasteiger partial charge < -0.3 is 20.4 Å². The van der Waals surface area contributed by atoms with Gasteiger partial charge in [0.2, 0.25) is 0 Å². The van der Waals surface area contributed by atoms with Crippen molar-refractivity contribution >= 4 is 62.0 Å². The van der Waals surface area contributed by atoms with E-state index in [0.29, 0.717) is 46.6 Å². The van der Waals surface area contributed by atoms with Crippen LogP contribution in [0.2, 0.25) is 5.02 Å². The molecule has 2 atom stereocenters. The molecule has 2 unspecified atom stereocenters. The first-order chi connectivity index (χ1) is 17.5. The molecule has 4 heterocycles. The predicted molar refractivity (Wildman–Crippen MR) is 146 cm³/mol. The first kappa shape index (κ1) is 24.5. The van der Waals surface area contributed by atoms with Crippen molar-refractivity contribution < 1.29 is 13.7 Å². The Balaban J connectivity index is 1.50. The number of nitrogens with zero attached hydrogens (tertiary/aromatic N) is 1. The molecule has 0 saturated carbocycles. The number of amides is 2. The van der Waals surface area contributed by atoms with Gasteiger partial charge in [0.1, 0.15) is 5.75 Å². The number of anilines is 2. The number of thiophene rings is 1. The van der Waals surface area contributed by atoms with E-state index >= 15 is 0 Å². The molecule has 3 aromatic heterocycles. The molecule has 8 nitrogen and oxygen atoms in total. The topological polar surface area (TPSA) is 113 Å². The molecule has 2 amide bonds. The highest BCUT2D eigenvalue weighted by atomic mass is 35.5. The quantitative estimate of drug-likeness (QED) is 0.280. The number of carbonyl (C=O) groups excluding carboxylic acids is 1. The van der Waals surface area contributed by atoms with Gasteiger partial charge in [-0.1, -0.05) is 17.7 Å². The van der Waals surface area contributed by atoms with Gasteiger partial charge in [0.15, 0.2) is 0 Å². The molecule has 0 radical (unpaired) electrons. The minimum absolute atomic E-state index is 0.104. The maximum Gasteiger partial charge on any atom is 0.323 e. The number of carbonyl (C=O) groups is 1. The van der Waals surface area contributed by atoms with Crippen LogP contribution in [0.15, 0.2) is 59.0 Å². The van der Waals surface area contributed by atoms with Crippen molar-refractivity contribution in [2.75, 3.05) is 23.0 Å². The summed E-state index contributed by atoms with van der Waals surface area (Å²) < 4.78 is 18.4. The summed E-state index contributed by atoms with van der Waals surface area (Å²) in [5.41, 5.74) is 1.56. The van der Waals surface area contributed by atoms with E-state index in [9.17, 15) is 13.8 Å². The number of ether oxygens (including phenoxy) is 1. The van der Waals surface area contributed by atoms with Gasteiger partial charge in [-0.25, -0.2) is 4.79 Å². The van der Waals surface area contributed by atoms with Crippen LogP contribution < -0.4 is 20.9 Å². The van der Waals surface area contributed by atoms with Gasteiger partial charge in [-0.3, -0.25) is 14.0 Å². The molecule has 1 aliphatic rings. The zero-order valence-corrected chi connectivity index (χ0v) is 21.5. The lowest BCUT2D eigenvalue weighted by Gasteiger charge is -2.16. The summed E-state index contributed by atoms with van der Waals surface area (Å²) in [6.07, 6.45) is 5.66. The van der Waals surface area contributed by atoms with Crippen molar-refractivity contribution in [2.45, 2.75) is 24.5 Å². The van der Waals surface area contributed by atoms with Crippen molar-refractivity contribution in [2.24, 2.45) is 0 Å². The molecule has 1 aliphatic heterocycles. The highest BCUT2D eigenvalue weighted by Crippen LogP contribution is 2.39. The minimum Gasteiger partial charge on any atom is -0.492 e. The van der Waals surface area contributed by atoms with E-state index in [-0.39, 0.29) is 15.8 Å². The van der Waals surface area contributed by atoms with E-state index in [1.54, 1.807) is 36.7 Å². The number of hydrogen-bond acceptors (Lipinski definition) is 6. The Morgan fingerprint density at radius 1 is 1.25 bits per heavy atom. The maximum atomic E-state index is 13.1. The van der Waals surface area contributed by atoms with Crippen LogP contribution in [0.5, 0.6) is 5.75 Å². The normalized spacial score (nSPS) is 17.2. The van der Waals surface area contributed by atoms with Gasteiger partial charge in [-0.05, 0) is 55.0 Å². The van der Waals surface area contributed by atoms with Gasteiger partial charge in [0, 0.05) is 50.1 Å². The van der Waals surface area contributed by atoms with Crippen LogP contribution in [0.1, 0.15) is 19.3 Å². The largest absolute Gasteiger partial charge is 0.492 e. The monoisotopic (exact) mass is 542 g/mol. The molecule has 1 aromatic carbocycles. The lowest BCUT2D eigenvalue weighted by Crippen LogP contribution is -2.20. The molecule has 3 N–H and O–H groups in total. The minimum atomic E-state index is -0.837. The van der Waals surface area contributed by atoms with Gasteiger partial charge in [-0.15, -0.1) is 11.3 Å². The van der Waals surface area contributed by atoms with Crippen LogP contribution in [0, 0.1) is 0 Å². The molecule has 1 saturated heterocycles. The number of H-pyrrole nitrogens is 1. The Morgan fingerprint density at radius 3 is 2.81 bits per heavy atom. The van der Waals surface area contributed by atoms with Crippen LogP contribution in [0.3, 0.4) is 0 Å². The summed E-state index contributed by atoms with van der Waals surface area (Å²) in [7, 11) is -0.837. The molecule has 0 aliphatic carbocycles. The molecular formula is C25H23ClN4O4S2. The third-order valence-electron chi connectivity index (χ3n) is 5.94. The molecule has 5 rings (SSSR count). The number of aromatic nitrogens is 2. The van der Waals surface area contributed by atoms with Crippen LogP contribution in [-0.4, -0.2) is 37.8 Å². The zero-order chi connectivity index (χ0) is 25.1. The number of nitrogens with one attached hydrogen (secondary N) is 3. The van der Waals surface area contributed by atoms with Crippen LogP contribution in [0.4, 0.5) is 16.2 Å². The number of urea groups is 1. The first-order valence-corrected chi connectivity index (χ1v) is 14.0.